The summed E-state index contributed by atoms with van der Waals surface area (Å²) in [5.74, 6) is -0.853. The van der Waals surface area contributed by atoms with Gasteiger partial charge in [-0.25, -0.2) is 10.2 Å². The molecule has 4 rings (SSSR count). The van der Waals surface area contributed by atoms with Gasteiger partial charge in [0.05, 0.1) is 29.7 Å². The van der Waals surface area contributed by atoms with Gasteiger partial charge in [-0.3, -0.25) is 9.59 Å². The van der Waals surface area contributed by atoms with E-state index >= 15 is 0 Å². The summed E-state index contributed by atoms with van der Waals surface area (Å²) in [6.07, 6.45) is 2.82. The van der Waals surface area contributed by atoms with Gasteiger partial charge < -0.3 is 19.2 Å². The van der Waals surface area contributed by atoms with Gasteiger partial charge >= 0.3 is 5.97 Å². The molecule has 0 atom stereocenters. The lowest BCUT2D eigenvalue weighted by molar-refractivity contribution is 0.0728. The second-order valence-electron chi connectivity index (χ2n) is 7.86. The number of esters is 1. The van der Waals surface area contributed by atoms with Crippen LogP contribution in [0.4, 0.5) is 5.69 Å². The monoisotopic (exact) mass is 565 g/mol. The zero-order chi connectivity index (χ0) is 27.8. The average molecular weight is 566 g/mol. The van der Waals surface area contributed by atoms with Crippen molar-refractivity contribution in [2.24, 2.45) is 5.10 Å². The van der Waals surface area contributed by atoms with Gasteiger partial charge in [0.15, 0.2) is 17.3 Å². The first kappa shape index (κ1) is 27.4. The summed E-state index contributed by atoms with van der Waals surface area (Å²) in [5, 5.41) is 7.22. The maximum atomic E-state index is 12.6. The molecule has 198 valence electrons. The lowest BCUT2D eigenvalue weighted by atomic mass is 10.2. The molecule has 1 aromatic heterocycles. The number of ether oxygens (including phenoxy) is 2. The molecule has 1 heterocycles. The standard InChI is InChI=1S/C28H21Cl2N3O6/c1-2-37-25-14-17(5-12-23(25)39-28(36)21-11-8-19(29)15-22(21)30)16-31-33-26(34)18-6-9-20(10-7-18)32-27(35)24-4-3-13-38-24/h3-16H,2H2,1H3,(H,32,35)(H,33,34)/b31-16-. The quantitative estimate of drug-likeness (QED) is 0.107. The fourth-order valence-electron chi connectivity index (χ4n) is 3.30. The molecule has 0 saturated carbocycles. The zero-order valence-corrected chi connectivity index (χ0v) is 22.0. The number of furan rings is 1. The van der Waals surface area contributed by atoms with Crippen LogP contribution in [-0.2, 0) is 0 Å². The molecule has 3 aromatic carbocycles. The molecular formula is C28H21Cl2N3O6. The van der Waals surface area contributed by atoms with E-state index in [-0.39, 0.29) is 22.1 Å². The summed E-state index contributed by atoms with van der Waals surface area (Å²) in [6.45, 7) is 2.11. The number of benzene rings is 3. The first-order chi connectivity index (χ1) is 18.8. The van der Waals surface area contributed by atoms with E-state index in [1.165, 1.54) is 30.7 Å². The van der Waals surface area contributed by atoms with Crippen LogP contribution in [0, 0.1) is 0 Å². The van der Waals surface area contributed by atoms with Crippen LogP contribution in [0.5, 0.6) is 11.5 Å². The molecule has 11 heteroatoms. The van der Waals surface area contributed by atoms with Crippen LogP contribution in [0.3, 0.4) is 0 Å². The third-order valence-corrected chi connectivity index (χ3v) is 5.70. The van der Waals surface area contributed by atoms with Crippen LogP contribution in [0.2, 0.25) is 10.0 Å². The average Bonchev–Trinajstić information content (AvgIpc) is 3.46. The molecule has 39 heavy (non-hydrogen) atoms. The number of hydrazone groups is 1. The molecule has 0 aliphatic rings. The van der Waals surface area contributed by atoms with Crippen LogP contribution in [-0.4, -0.2) is 30.6 Å². The van der Waals surface area contributed by atoms with Gasteiger partial charge in [-0.15, -0.1) is 0 Å². The maximum Gasteiger partial charge on any atom is 0.345 e. The van der Waals surface area contributed by atoms with Crippen LogP contribution in [0.25, 0.3) is 0 Å². The van der Waals surface area contributed by atoms with E-state index in [0.717, 1.165) is 0 Å². The second kappa shape index (κ2) is 12.8. The smallest absolute Gasteiger partial charge is 0.345 e. The van der Waals surface area contributed by atoms with Crippen molar-refractivity contribution in [3.05, 3.63) is 112 Å². The molecule has 2 N–H and O–H groups in total. The first-order valence-electron chi connectivity index (χ1n) is 11.6. The molecule has 9 nitrogen and oxygen atoms in total. The summed E-state index contributed by atoms with van der Waals surface area (Å²) in [4.78, 5) is 37.1. The molecule has 4 aromatic rings. The van der Waals surface area contributed by atoms with Gasteiger partial charge in [0.2, 0.25) is 0 Å². The molecule has 0 saturated heterocycles. The highest BCUT2D eigenvalue weighted by molar-refractivity contribution is 6.36. The minimum absolute atomic E-state index is 0.157. The van der Waals surface area contributed by atoms with Crippen molar-refractivity contribution in [3.8, 4) is 11.5 Å². The number of halogens is 2. The fourth-order valence-corrected chi connectivity index (χ4v) is 3.79. The van der Waals surface area contributed by atoms with Gasteiger partial charge in [0.25, 0.3) is 11.8 Å². The van der Waals surface area contributed by atoms with Crippen molar-refractivity contribution in [1.82, 2.24) is 5.43 Å². The molecule has 0 aliphatic heterocycles. The Morgan fingerprint density at radius 3 is 2.44 bits per heavy atom. The van der Waals surface area contributed by atoms with Crippen molar-refractivity contribution < 1.29 is 28.3 Å². The van der Waals surface area contributed by atoms with Crippen molar-refractivity contribution in [3.63, 3.8) is 0 Å². The number of hydrogen-bond donors (Lipinski definition) is 2. The van der Waals surface area contributed by atoms with Gasteiger partial charge in [-0.05, 0) is 85.3 Å². The van der Waals surface area contributed by atoms with E-state index in [2.05, 4.69) is 15.8 Å². The minimum atomic E-state index is -0.669. The third kappa shape index (κ3) is 7.25. The Morgan fingerprint density at radius 2 is 1.74 bits per heavy atom. The Morgan fingerprint density at radius 1 is 0.949 bits per heavy atom. The number of carbonyl (C=O) groups is 3. The third-order valence-electron chi connectivity index (χ3n) is 5.15. The topological polar surface area (TPSA) is 119 Å². The lowest BCUT2D eigenvalue weighted by Gasteiger charge is -2.12. The highest BCUT2D eigenvalue weighted by atomic mass is 35.5. The number of carbonyl (C=O) groups excluding carboxylic acids is 3. The van der Waals surface area contributed by atoms with Crippen LogP contribution in [0.15, 0.2) is 88.6 Å². The van der Waals surface area contributed by atoms with Gasteiger partial charge in [0.1, 0.15) is 0 Å². The highest BCUT2D eigenvalue weighted by Crippen LogP contribution is 2.30. The fraction of sp³-hybridized carbons (Fsp3) is 0.0714. The number of nitrogens with zero attached hydrogens (tertiary/aromatic N) is 1. The SMILES string of the molecule is CCOc1cc(/C=N\NC(=O)c2ccc(NC(=O)c3ccco3)cc2)ccc1OC(=O)c1ccc(Cl)cc1Cl. The van der Waals surface area contributed by atoms with Crippen molar-refractivity contribution in [2.45, 2.75) is 6.92 Å². The minimum Gasteiger partial charge on any atom is -0.490 e. The van der Waals surface area contributed by atoms with Crippen molar-refractivity contribution >= 4 is 52.9 Å². The summed E-state index contributed by atoms with van der Waals surface area (Å²) >= 11 is 12.0. The Hall–Kier alpha value is -4.60. The van der Waals surface area contributed by atoms with E-state index in [0.29, 0.717) is 34.2 Å². The van der Waals surface area contributed by atoms with Gasteiger partial charge in [-0.1, -0.05) is 23.2 Å². The van der Waals surface area contributed by atoms with Crippen LogP contribution in [0.1, 0.15) is 43.8 Å². The normalized spacial score (nSPS) is 10.7. The van der Waals surface area contributed by atoms with E-state index in [1.54, 1.807) is 61.5 Å². The van der Waals surface area contributed by atoms with Gasteiger partial charge in [0, 0.05) is 16.3 Å². The molecule has 0 fully saturated rings. The Bertz CT molecular complexity index is 1520. The van der Waals surface area contributed by atoms with Crippen molar-refractivity contribution in [1.29, 1.82) is 0 Å². The predicted molar refractivity (Wildman–Crippen MR) is 147 cm³/mol. The number of rotatable bonds is 9. The predicted octanol–water partition coefficient (Wildman–Crippen LogP) is 6.22. The van der Waals surface area contributed by atoms with E-state index in [9.17, 15) is 14.4 Å². The van der Waals surface area contributed by atoms with Crippen molar-refractivity contribution in [2.75, 3.05) is 11.9 Å². The van der Waals surface area contributed by atoms with Crippen LogP contribution >= 0.6 is 23.2 Å². The number of hydrogen-bond acceptors (Lipinski definition) is 7. The summed E-state index contributed by atoms with van der Waals surface area (Å²) < 4.78 is 16.1. The summed E-state index contributed by atoms with van der Waals surface area (Å²) in [6, 6.07) is 18.7. The molecule has 0 radical (unpaired) electrons. The Labute approximate surface area is 233 Å². The van der Waals surface area contributed by atoms with E-state index in [4.69, 9.17) is 37.1 Å². The first-order valence-corrected chi connectivity index (χ1v) is 12.3. The highest BCUT2D eigenvalue weighted by Gasteiger charge is 2.16. The molecule has 0 spiro atoms. The van der Waals surface area contributed by atoms with E-state index in [1.807, 2.05) is 0 Å². The van der Waals surface area contributed by atoms with Crippen LogP contribution < -0.4 is 20.2 Å². The summed E-state index contributed by atoms with van der Waals surface area (Å²) in [5.41, 5.74) is 4.01. The molecular weight excluding hydrogens is 545 g/mol. The molecule has 0 bridgehead atoms. The van der Waals surface area contributed by atoms with E-state index < -0.39 is 17.8 Å². The Balaban J connectivity index is 1.37. The summed E-state index contributed by atoms with van der Waals surface area (Å²) in [7, 11) is 0. The largest absolute Gasteiger partial charge is 0.490 e. The molecule has 0 unspecified atom stereocenters. The van der Waals surface area contributed by atoms with Gasteiger partial charge in [-0.2, -0.15) is 5.10 Å². The Kier molecular flexibility index (Phi) is 8.98. The number of amides is 2. The second-order valence-corrected chi connectivity index (χ2v) is 8.70. The maximum absolute atomic E-state index is 12.6. The number of anilines is 1. The molecule has 2 amide bonds. The zero-order valence-electron chi connectivity index (χ0n) is 20.4. The number of nitrogens with one attached hydrogen (secondary N) is 2. The molecule has 0 aliphatic carbocycles. The lowest BCUT2D eigenvalue weighted by Crippen LogP contribution is -2.17.